The third-order valence-corrected chi connectivity index (χ3v) is 6.99. The fraction of sp³-hybridized carbons (Fsp3) is 0.579. The third kappa shape index (κ3) is 1.61. The van der Waals surface area contributed by atoms with Crippen molar-refractivity contribution in [3.63, 3.8) is 0 Å². The van der Waals surface area contributed by atoms with E-state index in [2.05, 4.69) is 34.5 Å². The normalized spacial score (nSPS) is 42.4. The number of para-hydroxylation sites is 1. The average molecular weight is 312 g/mol. The van der Waals surface area contributed by atoms with Gasteiger partial charge in [-0.2, -0.15) is 0 Å². The lowest BCUT2D eigenvalue weighted by atomic mass is 9.56. The molecule has 1 aromatic rings. The van der Waals surface area contributed by atoms with Crippen molar-refractivity contribution in [1.29, 1.82) is 0 Å². The first kappa shape index (κ1) is 14.0. The molecule has 3 N–H and O–H groups in total. The molecule has 122 valence electrons. The zero-order valence-corrected chi connectivity index (χ0v) is 13.3. The monoisotopic (exact) mass is 312 g/mol. The molecule has 1 aliphatic carbocycles. The summed E-state index contributed by atoms with van der Waals surface area (Å²) in [5, 5.41) is 23.4. The zero-order chi connectivity index (χ0) is 15.6. The Morgan fingerprint density at radius 1 is 1.30 bits per heavy atom. The van der Waals surface area contributed by atoms with Crippen LogP contribution in [0.5, 0.6) is 0 Å². The molecule has 0 aromatic heterocycles. The summed E-state index contributed by atoms with van der Waals surface area (Å²) in [4.78, 5) is 2.61. The molecule has 2 bridgehead atoms. The van der Waals surface area contributed by atoms with Gasteiger partial charge in [-0.15, -0.1) is 0 Å². The second-order valence-electron chi connectivity index (χ2n) is 7.59. The largest absolute Gasteiger partial charge is 0.396 e. The Morgan fingerprint density at radius 3 is 3.00 bits per heavy atom. The van der Waals surface area contributed by atoms with E-state index >= 15 is 0 Å². The van der Waals surface area contributed by atoms with Gasteiger partial charge in [-0.05, 0) is 36.9 Å². The summed E-state index contributed by atoms with van der Waals surface area (Å²) < 4.78 is 0. The number of aliphatic hydroxyl groups is 2. The highest BCUT2D eigenvalue weighted by Crippen LogP contribution is 2.60. The maximum Gasteiger partial charge on any atom is 0.0615 e. The Kier molecular flexibility index (Phi) is 2.94. The summed E-state index contributed by atoms with van der Waals surface area (Å²) in [6, 6.07) is 9.60. The predicted molar refractivity (Wildman–Crippen MR) is 89.4 cm³/mol. The number of piperidine rings is 1. The average Bonchev–Trinajstić information content (AvgIpc) is 3.12. The van der Waals surface area contributed by atoms with Crippen LogP contribution >= 0.6 is 0 Å². The number of hydrogen-bond acceptors (Lipinski definition) is 4. The number of nitrogens with one attached hydrogen (secondary N) is 1. The van der Waals surface area contributed by atoms with Crippen LogP contribution in [-0.4, -0.2) is 53.5 Å². The van der Waals surface area contributed by atoms with E-state index in [1.54, 1.807) is 0 Å². The lowest BCUT2D eigenvalue weighted by Gasteiger charge is -2.54. The molecule has 4 heteroatoms. The summed E-state index contributed by atoms with van der Waals surface area (Å²) in [5.41, 5.74) is 4.21. The van der Waals surface area contributed by atoms with Gasteiger partial charge >= 0.3 is 0 Å². The minimum Gasteiger partial charge on any atom is -0.396 e. The molecule has 23 heavy (non-hydrogen) atoms. The fourth-order valence-corrected chi connectivity index (χ4v) is 6.16. The molecule has 1 aromatic carbocycles. The Hall–Kier alpha value is -1.36. The first-order chi connectivity index (χ1) is 11.3. The molecule has 1 unspecified atom stereocenters. The lowest BCUT2D eigenvalue weighted by molar-refractivity contribution is 0.0294. The van der Waals surface area contributed by atoms with Gasteiger partial charge in [-0.3, -0.25) is 4.90 Å². The van der Waals surface area contributed by atoms with Crippen molar-refractivity contribution in [1.82, 2.24) is 4.90 Å². The smallest absolute Gasteiger partial charge is 0.0615 e. The first-order valence-corrected chi connectivity index (χ1v) is 8.80. The van der Waals surface area contributed by atoms with Crippen molar-refractivity contribution in [2.75, 3.05) is 31.6 Å². The highest BCUT2D eigenvalue weighted by atomic mass is 16.3. The molecule has 3 fully saturated rings. The highest BCUT2D eigenvalue weighted by molar-refractivity contribution is 5.65. The fourth-order valence-electron chi connectivity index (χ4n) is 6.16. The maximum absolute atomic E-state index is 10.2. The first-order valence-electron chi connectivity index (χ1n) is 8.80. The molecular formula is C19H24N2O2. The second kappa shape index (κ2) is 4.82. The van der Waals surface area contributed by atoms with Crippen molar-refractivity contribution >= 4 is 5.69 Å². The minimum absolute atomic E-state index is 0.103. The van der Waals surface area contributed by atoms with Gasteiger partial charge in [0.1, 0.15) is 0 Å². The van der Waals surface area contributed by atoms with E-state index in [1.807, 2.05) is 6.08 Å². The van der Waals surface area contributed by atoms with Crippen molar-refractivity contribution in [3.8, 4) is 0 Å². The van der Waals surface area contributed by atoms with Gasteiger partial charge in [-0.1, -0.05) is 29.8 Å². The van der Waals surface area contributed by atoms with Crippen LogP contribution in [0.4, 0.5) is 5.69 Å². The summed E-state index contributed by atoms with van der Waals surface area (Å²) in [6.07, 6.45) is 4.27. The molecular weight excluding hydrogens is 288 g/mol. The molecule has 1 saturated carbocycles. The van der Waals surface area contributed by atoms with Crippen LogP contribution in [0.2, 0.25) is 0 Å². The van der Waals surface area contributed by atoms with Crippen LogP contribution < -0.4 is 5.32 Å². The topological polar surface area (TPSA) is 55.7 Å². The molecule has 3 heterocycles. The van der Waals surface area contributed by atoms with E-state index in [9.17, 15) is 10.2 Å². The van der Waals surface area contributed by atoms with Gasteiger partial charge in [-0.25, -0.2) is 0 Å². The third-order valence-electron chi connectivity index (χ3n) is 6.99. The second-order valence-corrected chi connectivity index (χ2v) is 7.59. The summed E-state index contributed by atoms with van der Waals surface area (Å²) in [5.74, 6) is 0.628. The van der Waals surface area contributed by atoms with Gasteiger partial charge in [0.05, 0.1) is 6.61 Å². The van der Waals surface area contributed by atoms with Gasteiger partial charge in [0.2, 0.25) is 0 Å². The quantitative estimate of drug-likeness (QED) is 0.722. The number of benzene rings is 1. The van der Waals surface area contributed by atoms with Crippen LogP contribution in [0, 0.1) is 11.8 Å². The van der Waals surface area contributed by atoms with Crippen molar-refractivity contribution in [2.45, 2.75) is 30.3 Å². The zero-order valence-electron chi connectivity index (χ0n) is 13.3. The Labute approximate surface area is 136 Å². The minimum atomic E-state index is 0.103. The number of fused-ring (bicyclic) bond motifs is 2. The van der Waals surface area contributed by atoms with Crippen LogP contribution in [0.25, 0.3) is 0 Å². The van der Waals surface area contributed by atoms with E-state index in [4.69, 9.17) is 0 Å². The van der Waals surface area contributed by atoms with Crippen LogP contribution in [0.1, 0.15) is 18.4 Å². The van der Waals surface area contributed by atoms with Gasteiger partial charge < -0.3 is 15.5 Å². The Morgan fingerprint density at radius 2 is 2.17 bits per heavy atom. The molecule has 0 amide bonds. The Balaban J connectivity index is 1.67. The SMILES string of the molecule is OC/C=C1/CN2CCC34c5ccccc5N[C@H]3[C@H](CO)[C@H]1C[C@H]24. The standard InChI is InChI=1S/C19H24N2O2/c22-8-5-12-10-21-7-6-19-15-3-1-2-4-16(15)20-18(19)14(11-23)13(12)9-17(19)21/h1-5,13-14,17-18,20,22-23H,6-11H2/b12-5-/t13-,14+,17-,18-,19?/m0/s1. The number of aliphatic hydroxyl groups excluding tert-OH is 2. The molecule has 5 atom stereocenters. The van der Waals surface area contributed by atoms with E-state index in [0.717, 1.165) is 19.5 Å². The molecule has 5 rings (SSSR count). The number of rotatable bonds is 2. The molecule has 4 nitrogen and oxygen atoms in total. The molecule has 3 aliphatic heterocycles. The van der Waals surface area contributed by atoms with Crippen LogP contribution in [0.15, 0.2) is 35.9 Å². The van der Waals surface area contributed by atoms with Crippen molar-refractivity contribution in [2.24, 2.45) is 11.8 Å². The molecule has 0 radical (unpaired) electrons. The van der Waals surface area contributed by atoms with Crippen LogP contribution in [0.3, 0.4) is 0 Å². The van der Waals surface area contributed by atoms with Gasteiger partial charge in [0.25, 0.3) is 0 Å². The van der Waals surface area contributed by atoms with Gasteiger partial charge in [0, 0.05) is 42.3 Å². The van der Waals surface area contributed by atoms with Gasteiger partial charge in [0.15, 0.2) is 0 Å². The molecule has 1 spiro atoms. The van der Waals surface area contributed by atoms with E-state index in [1.165, 1.54) is 23.2 Å². The predicted octanol–water partition coefficient (Wildman–Crippen LogP) is 1.35. The molecule has 4 aliphatic rings. The van der Waals surface area contributed by atoms with Crippen LogP contribution in [-0.2, 0) is 5.41 Å². The van der Waals surface area contributed by atoms with E-state index < -0.39 is 0 Å². The Bertz CT molecular complexity index is 673. The van der Waals surface area contributed by atoms with Crippen molar-refractivity contribution in [3.05, 3.63) is 41.5 Å². The van der Waals surface area contributed by atoms with Crippen molar-refractivity contribution < 1.29 is 10.2 Å². The summed E-state index contributed by atoms with van der Waals surface area (Å²) >= 11 is 0. The lowest BCUT2D eigenvalue weighted by Crippen LogP contribution is -2.62. The number of nitrogens with zero attached hydrogens (tertiary/aromatic N) is 1. The van der Waals surface area contributed by atoms with E-state index in [-0.39, 0.29) is 24.5 Å². The maximum atomic E-state index is 10.2. The summed E-state index contributed by atoms with van der Waals surface area (Å²) in [6.45, 7) is 2.40. The number of hydrogen-bond donors (Lipinski definition) is 3. The number of anilines is 1. The molecule has 2 saturated heterocycles. The van der Waals surface area contributed by atoms with E-state index in [0.29, 0.717) is 18.0 Å². The highest BCUT2D eigenvalue weighted by Gasteiger charge is 2.64. The summed E-state index contributed by atoms with van der Waals surface area (Å²) in [7, 11) is 0.